The first kappa shape index (κ1) is 10.7. The number of carbonyl (C=O) groups is 1. The molecule has 2 aliphatic rings. The summed E-state index contributed by atoms with van der Waals surface area (Å²) in [5, 5.41) is 2.76. The van der Waals surface area contributed by atoms with Crippen LogP contribution in [0.25, 0.3) is 0 Å². The van der Waals surface area contributed by atoms with Gasteiger partial charge in [-0.15, -0.1) is 0 Å². The highest BCUT2D eigenvalue weighted by Crippen LogP contribution is 2.35. The quantitative estimate of drug-likeness (QED) is 0.768. The van der Waals surface area contributed by atoms with Crippen LogP contribution in [0.1, 0.15) is 39.5 Å². The van der Waals surface area contributed by atoms with Crippen LogP contribution in [0.4, 0.5) is 9.18 Å². The second-order valence-corrected chi connectivity index (χ2v) is 5.22. The van der Waals surface area contributed by atoms with E-state index < -0.39 is 18.4 Å². The van der Waals surface area contributed by atoms with E-state index in [1.54, 1.807) is 0 Å². The number of halogens is 1. The van der Waals surface area contributed by atoms with Gasteiger partial charge in [-0.25, -0.2) is 9.18 Å². The van der Waals surface area contributed by atoms with Gasteiger partial charge < -0.3 is 10.1 Å². The third kappa shape index (κ3) is 2.61. The van der Waals surface area contributed by atoms with E-state index in [0.717, 1.165) is 12.8 Å². The lowest BCUT2D eigenvalue weighted by atomic mass is 10.1. The first-order valence-electron chi connectivity index (χ1n) is 5.61. The third-order valence-electron chi connectivity index (χ3n) is 3.33. The van der Waals surface area contributed by atoms with Crippen molar-refractivity contribution in [1.82, 2.24) is 5.32 Å². The van der Waals surface area contributed by atoms with Crippen molar-refractivity contribution in [3.05, 3.63) is 0 Å². The van der Waals surface area contributed by atoms with Crippen molar-refractivity contribution in [2.45, 2.75) is 57.3 Å². The maximum Gasteiger partial charge on any atom is 0.407 e. The molecule has 3 nitrogen and oxygen atoms in total. The van der Waals surface area contributed by atoms with Crippen molar-refractivity contribution in [3.63, 3.8) is 0 Å². The van der Waals surface area contributed by atoms with Gasteiger partial charge in [0.2, 0.25) is 0 Å². The summed E-state index contributed by atoms with van der Waals surface area (Å²) in [6, 6.07) is 0. The number of nitrogens with one attached hydrogen (secondary N) is 1. The standard InChI is InChI=1S/C11H18FNO2/c1-7-5-8(12)9(6-7)15-10(14)13-11(2)3-4-11/h7-9H,3-6H2,1-2H3,(H,13,14)/t7-,8+,9-/m0/s1. The molecule has 0 aromatic rings. The summed E-state index contributed by atoms with van der Waals surface area (Å²) < 4.78 is 18.4. The monoisotopic (exact) mass is 215 g/mol. The van der Waals surface area contributed by atoms with Crippen molar-refractivity contribution in [1.29, 1.82) is 0 Å². The van der Waals surface area contributed by atoms with E-state index in [9.17, 15) is 9.18 Å². The average molecular weight is 215 g/mol. The molecule has 0 radical (unpaired) electrons. The summed E-state index contributed by atoms with van der Waals surface area (Å²) in [4.78, 5) is 11.4. The number of ether oxygens (including phenoxy) is 1. The maximum absolute atomic E-state index is 13.3. The second kappa shape index (κ2) is 3.65. The van der Waals surface area contributed by atoms with Gasteiger partial charge in [0, 0.05) is 5.54 Å². The Hall–Kier alpha value is -0.800. The SMILES string of the molecule is C[C@H]1C[C@@H](F)[C@@H](OC(=O)NC2(C)CC2)C1. The van der Waals surface area contributed by atoms with Crippen LogP contribution in [-0.2, 0) is 4.74 Å². The molecule has 0 heterocycles. The van der Waals surface area contributed by atoms with Gasteiger partial charge in [0.15, 0.2) is 0 Å². The first-order chi connectivity index (χ1) is 6.98. The predicted molar refractivity (Wildman–Crippen MR) is 54.3 cm³/mol. The van der Waals surface area contributed by atoms with Crippen LogP contribution < -0.4 is 5.32 Å². The molecule has 1 N–H and O–H groups in total. The van der Waals surface area contributed by atoms with Crippen LogP contribution in [0.3, 0.4) is 0 Å². The van der Waals surface area contributed by atoms with Crippen molar-refractivity contribution in [2.24, 2.45) is 5.92 Å². The van der Waals surface area contributed by atoms with Gasteiger partial charge >= 0.3 is 6.09 Å². The normalized spacial score (nSPS) is 37.4. The molecule has 0 saturated heterocycles. The largest absolute Gasteiger partial charge is 0.443 e. The van der Waals surface area contributed by atoms with Crippen molar-refractivity contribution >= 4 is 6.09 Å². The zero-order chi connectivity index (χ0) is 11.1. The molecule has 2 fully saturated rings. The molecule has 4 heteroatoms. The Morgan fingerprint density at radius 1 is 1.47 bits per heavy atom. The molecule has 3 atom stereocenters. The average Bonchev–Trinajstić information content (AvgIpc) is 2.72. The third-order valence-corrected chi connectivity index (χ3v) is 3.33. The highest BCUT2D eigenvalue weighted by molar-refractivity contribution is 5.69. The Kier molecular flexibility index (Phi) is 2.61. The lowest BCUT2D eigenvalue weighted by Crippen LogP contribution is -2.38. The van der Waals surface area contributed by atoms with E-state index in [1.165, 1.54) is 0 Å². The summed E-state index contributed by atoms with van der Waals surface area (Å²) in [7, 11) is 0. The number of hydrogen-bond donors (Lipinski definition) is 1. The number of alkyl halides is 1. The summed E-state index contributed by atoms with van der Waals surface area (Å²) in [5.74, 6) is 0.314. The van der Waals surface area contributed by atoms with Crippen molar-refractivity contribution in [2.75, 3.05) is 0 Å². The van der Waals surface area contributed by atoms with Crippen LogP contribution in [0, 0.1) is 5.92 Å². The van der Waals surface area contributed by atoms with Gasteiger partial charge in [0.25, 0.3) is 0 Å². The molecule has 2 rings (SSSR count). The van der Waals surface area contributed by atoms with E-state index in [2.05, 4.69) is 5.32 Å². The number of amides is 1. The minimum atomic E-state index is -0.988. The fourth-order valence-electron chi connectivity index (χ4n) is 2.02. The number of carbonyl (C=O) groups excluding carboxylic acids is 1. The summed E-state index contributed by atoms with van der Waals surface area (Å²) in [6.07, 6.45) is 1.14. The Labute approximate surface area is 89.4 Å². The smallest absolute Gasteiger partial charge is 0.407 e. The van der Waals surface area contributed by atoms with Crippen LogP contribution in [-0.4, -0.2) is 23.9 Å². The van der Waals surface area contributed by atoms with Crippen LogP contribution in [0.5, 0.6) is 0 Å². The van der Waals surface area contributed by atoms with E-state index in [1.807, 2.05) is 13.8 Å². The molecule has 0 aromatic carbocycles. The number of hydrogen-bond acceptors (Lipinski definition) is 2. The summed E-state index contributed by atoms with van der Waals surface area (Å²) in [5.41, 5.74) is -0.0902. The number of rotatable bonds is 2. The fraction of sp³-hybridized carbons (Fsp3) is 0.909. The van der Waals surface area contributed by atoms with Crippen molar-refractivity contribution < 1.29 is 13.9 Å². The van der Waals surface area contributed by atoms with E-state index in [0.29, 0.717) is 18.8 Å². The Bertz CT molecular complexity index is 265. The van der Waals surface area contributed by atoms with Crippen LogP contribution in [0.2, 0.25) is 0 Å². The molecule has 2 aliphatic carbocycles. The zero-order valence-corrected chi connectivity index (χ0v) is 9.25. The highest BCUT2D eigenvalue weighted by Gasteiger charge is 2.41. The predicted octanol–water partition coefficient (Wildman–Crippen LogP) is 2.40. The molecule has 0 unspecified atom stereocenters. The van der Waals surface area contributed by atoms with Gasteiger partial charge in [-0.3, -0.25) is 0 Å². The van der Waals surface area contributed by atoms with E-state index in [-0.39, 0.29) is 5.54 Å². The molecule has 1 amide bonds. The molecule has 0 aliphatic heterocycles. The van der Waals surface area contributed by atoms with Crippen molar-refractivity contribution in [3.8, 4) is 0 Å². The van der Waals surface area contributed by atoms with Crippen LogP contribution >= 0.6 is 0 Å². The van der Waals surface area contributed by atoms with Gasteiger partial charge in [0.1, 0.15) is 12.3 Å². The summed E-state index contributed by atoms with van der Waals surface area (Å²) >= 11 is 0. The van der Waals surface area contributed by atoms with E-state index >= 15 is 0 Å². The van der Waals surface area contributed by atoms with Gasteiger partial charge in [-0.2, -0.15) is 0 Å². The molecule has 0 aromatic heterocycles. The Morgan fingerprint density at radius 2 is 2.13 bits per heavy atom. The molecule has 2 saturated carbocycles. The van der Waals surface area contributed by atoms with Gasteiger partial charge in [0.05, 0.1) is 0 Å². The molecule has 86 valence electrons. The Morgan fingerprint density at radius 3 is 2.60 bits per heavy atom. The minimum absolute atomic E-state index is 0.0902. The molecule has 0 bridgehead atoms. The van der Waals surface area contributed by atoms with Gasteiger partial charge in [-0.1, -0.05) is 6.92 Å². The topological polar surface area (TPSA) is 38.3 Å². The maximum atomic E-state index is 13.3. The lowest BCUT2D eigenvalue weighted by Gasteiger charge is -2.17. The molecule has 15 heavy (non-hydrogen) atoms. The second-order valence-electron chi connectivity index (χ2n) is 5.22. The zero-order valence-electron chi connectivity index (χ0n) is 9.25. The van der Waals surface area contributed by atoms with Crippen LogP contribution in [0.15, 0.2) is 0 Å². The molecule has 0 spiro atoms. The molecular weight excluding hydrogens is 197 g/mol. The highest BCUT2D eigenvalue weighted by atomic mass is 19.1. The van der Waals surface area contributed by atoms with E-state index in [4.69, 9.17) is 4.74 Å². The fourth-order valence-corrected chi connectivity index (χ4v) is 2.02. The summed E-state index contributed by atoms with van der Waals surface area (Å²) in [6.45, 7) is 3.95. The first-order valence-corrected chi connectivity index (χ1v) is 5.61. The lowest BCUT2D eigenvalue weighted by molar-refractivity contribution is 0.0581. The Balaban J connectivity index is 1.78. The number of alkyl carbamates (subject to hydrolysis) is 1. The minimum Gasteiger partial charge on any atom is -0.443 e. The van der Waals surface area contributed by atoms with Gasteiger partial charge in [-0.05, 0) is 38.5 Å². The molecular formula is C11H18FNO2.